The van der Waals surface area contributed by atoms with Crippen LogP contribution in [0.15, 0.2) is 39.9 Å². The van der Waals surface area contributed by atoms with E-state index in [2.05, 4.69) is 4.90 Å². The van der Waals surface area contributed by atoms with E-state index in [-0.39, 0.29) is 10.1 Å². The van der Waals surface area contributed by atoms with Gasteiger partial charge in [-0.1, -0.05) is 23.7 Å². The number of sulfonamides is 1. The van der Waals surface area contributed by atoms with E-state index in [4.69, 9.17) is 16.7 Å². The topological polar surface area (TPSA) is 83.7 Å². The van der Waals surface area contributed by atoms with Crippen molar-refractivity contribution in [1.82, 2.24) is 9.80 Å². The Kier molecular flexibility index (Phi) is 5.99. The van der Waals surface area contributed by atoms with E-state index in [0.29, 0.717) is 18.7 Å². The third kappa shape index (κ3) is 4.83. The van der Waals surface area contributed by atoms with Crippen LogP contribution in [0.5, 0.6) is 0 Å². The Bertz CT molecular complexity index is 881. The molecule has 0 bridgehead atoms. The van der Waals surface area contributed by atoms with E-state index in [9.17, 15) is 13.2 Å². The van der Waals surface area contributed by atoms with Gasteiger partial charge in [0.25, 0.3) is 5.91 Å². The minimum absolute atomic E-state index is 0.0139. The highest BCUT2D eigenvalue weighted by atomic mass is 35.5. The lowest BCUT2D eigenvalue weighted by Crippen LogP contribution is -2.34. The van der Waals surface area contributed by atoms with Gasteiger partial charge in [-0.25, -0.2) is 13.6 Å². The quantitative estimate of drug-likeness (QED) is 0.834. The molecule has 1 saturated heterocycles. The first-order valence-corrected chi connectivity index (χ1v) is 11.0. The third-order valence-corrected chi connectivity index (χ3v) is 6.94. The van der Waals surface area contributed by atoms with E-state index in [0.717, 1.165) is 42.4 Å². The predicted octanol–water partition coefficient (Wildman–Crippen LogP) is 2.40. The zero-order valence-corrected chi connectivity index (χ0v) is 16.5. The van der Waals surface area contributed by atoms with Crippen LogP contribution >= 0.6 is 22.9 Å². The van der Waals surface area contributed by atoms with Gasteiger partial charge >= 0.3 is 0 Å². The molecule has 0 unspecified atom stereocenters. The minimum atomic E-state index is -3.77. The summed E-state index contributed by atoms with van der Waals surface area (Å²) in [6, 6.07) is 9.14. The summed E-state index contributed by atoms with van der Waals surface area (Å²) in [4.78, 5) is 16.7. The molecule has 2 heterocycles. The van der Waals surface area contributed by atoms with Crippen molar-refractivity contribution in [3.8, 4) is 0 Å². The molecule has 26 heavy (non-hydrogen) atoms. The Balaban J connectivity index is 1.61. The SMILES string of the molecule is NS(=O)(=O)c1cc(C(=O)N2CCCN(Cc3ccc(Cl)cc3)CC2)cs1. The average molecular weight is 414 g/mol. The van der Waals surface area contributed by atoms with E-state index in [1.54, 1.807) is 10.3 Å². The smallest absolute Gasteiger partial charge is 0.254 e. The average Bonchev–Trinajstić information content (AvgIpc) is 2.99. The largest absolute Gasteiger partial charge is 0.337 e. The second kappa shape index (κ2) is 8.06. The van der Waals surface area contributed by atoms with Crippen molar-refractivity contribution in [1.29, 1.82) is 0 Å². The van der Waals surface area contributed by atoms with Gasteiger partial charge in [-0.15, -0.1) is 11.3 Å². The summed E-state index contributed by atoms with van der Waals surface area (Å²) in [5.41, 5.74) is 1.56. The second-order valence-electron chi connectivity index (χ2n) is 6.25. The van der Waals surface area contributed by atoms with Gasteiger partial charge in [-0.3, -0.25) is 9.69 Å². The Hall–Kier alpha value is -1.45. The van der Waals surface area contributed by atoms with Crippen LogP contribution in [-0.4, -0.2) is 50.3 Å². The van der Waals surface area contributed by atoms with Crippen molar-refractivity contribution in [2.75, 3.05) is 26.2 Å². The number of amides is 1. The molecule has 1 fully saturated rings. The highest BCUT2D eigenvalue weighted by molar-refractivity contribution is 7.91. The van der Waals surface area contributed by atoms with Crippen LogP contribution in [-0.2, 0) is 16.6 Å². The van der Waals surface area contributed by atoms with Crippen molar-refractivity contribution in [3.05, 3.63) is 51.9 Å². The number of thiophene rings is 1. The van der Waals surface area contributed by atoms with Gasteiger partial charge in [0.1, 0.15) is 4.21 Å². The lowest BCUT2D eigenvalue weighted by molar-refractivity contribution is 0.0761. The molecular formula is C17H20ClN3O3S2. The van der Waals surface area contributed by atoms with E-state index >= 15 is 0 Å². The van der Waals surface area contributed by atoms with Gasteiger partial charge in [0.15, 0.2) is 0 Å². The molecule has 3 rings (SSSR count). The summed E-state index contributed by atoms with van der Waals surface area (Å²) in [6.07, 6.45) is 0.867. The van der Waals surface area contributed by atoms with Gasteiger partial charge in [-0.05, 0) is 30.2 Å². The molecule has 1 aromatic carbocycles. The molecule has 0 radical (unpaired) electrons. The first-order valence-electron chi connectivity index (χ1n) is 8.20. The van der Waals surface area contributed by atoms with Crippen LogP contribution in [0.1, 0.15) is 22.3 Å². The first-order chi connectivity index (χ1) is 12.3. The molecule has 0 saturated carbocycles. The summed E-state index contributed by atoms with van der Waals surface area (Å²) >= 11 is 6.90. The zero-order chi connectivity index (χ0) is 18.7. The molecule has 140 valence electrons. The van der Waals surface area contributed by atoms with Crippen molar-refractivity contribution < 1.29 is 13.2 Å². The summed E-state index contributed by atoms with van der Waals surface area (Å²) in [7, 11) is -3.77. The summed E-state index contributed by atoms with van der Waals surface area (Å²) in [5, 5.41) is 7.39. The van der Waals surface area contributed by atoms with Crippen LogP contribution < -0.4 is 5.14 Å². The Labute approximate surface area is 162 Å². The first kappa shape index (κ1) is 19.3. The maximum Gasteiger partial charge on any atom is 0.254 e. The fourth-order valence-electron chi connectivity index (χ4n) is 2.94. The number of hydrogen-bond acceptors (Lipinski definition) is 5. The molecule has 0 atom stereocenters. The summed E-state index contributed by atoms with van der Waals surface area (Å²) < 4.78 is 22.8. The number of carbonyl (C=O) groups excluding carboxylic acids is 1. The van der Waals surface area contributed by atoms with Gasteiger partial charge < -0.3 is 4.90 Å². The number of benzene rings is 1. The van der Waals surface area contributed by atoms with Gasteiger partial charge in [0, 0.05) is 43.1 Å². The lowest BCUT2D eigenvalue weighted by Gasteiger charge is -2.22. The third-order valence-electron chi connectivity index (χ3n) is 4.30. The highest BCUT2D eigenvalue weighted by Gasteiger charge is 2.22. The van der Waals surface area contributed by atoms with Crippen molar-refractivity contribution in [3.63, 3.8) is 0 Å². The number of nitrogens with two attached hydrogens (primary N) is 1. The van der Waals surface area contributed by atoms with E-state index in [1.807, 2.05) is 24.3 Å². The Morgan fingerprint density at radius 3 is 2.54 bits per heavy atom. The molecule has 2 N–H and O–H groups in total. The Morgan fingerprint density at radius 1 is 1.15 bits per heavy atom. The summed E-state index contributed by atoms with van der Waals surface area (Å²) in [5.74, 6) is -0.149. The van der Waals surface area contributed by atoms with Crippen LogP contribution in [0.3, 0.4) is 0 Å². The van der Waals surface area contributed by atoms with E-state index < -0.39 is 10.0 Å². The molecule has 1 amide bonds. The lowest BCUT2D eigenvalue weighted by atomic mass is 10.2. The van der Waals surface area contributed by atoms with Crippen LogP contribution in [0, 0.1) is 0 Å². The molecular weight excluding hydrogens is 394 g/mol. The maximum absolute atomic E-state index is 12.7. The monoisotopic (exact) mass is 413 g/mol. The molecule has 2 aromatic rings. The second-order valence-corrected chi connectivity index (χ2v) is 9.38. The molecule has 0 spiro atoms. The molecule has 6 nitrogen and oxygen atoms in total. The highest BCUT2D eigenvalue weighted by Crippen LogP contribution is 2.21. The number of primary sulfonamides is 1. The number of halogens is 1. The normalized spacial score (nSPS) is 16.5. The maximum atomic E-state index is 12.7. The van der Waals surface area contributed by atoms with Crippen LogP contribution in [0.2, 0.25) is 5.02 Å². The van der Waals surface area contributed by atoms with Gasteiger partial charge in [0.05, 0.1) is 5.56 Å². The van der Waals surface area contributed by atoms with Crippen molar-refractivity contribution in [2.45, 2.75) is 17.2 Å². The fraction of sp³-hybridized carbons (Fsp3) is 0.353. The molecule has 1 aliphatic rings. The van der Waals surface area contributed by atoms with E-state index in [1.165, 1.54) is 11.6 Å². The van der Waals surface area contributed by atoms with Gasteiger partial charge in [-0.2, -0.15) is 0 Å². The molecule has 1 aliphatic heterocycles. The molecule has 9 heteroatoms. The van der Waals surface area contributed by atoms with Crippen molar-refractivity contribution in [2.24, 2.45) is 5.14 Å². The van der Waals surface area contributed by atoms with Crippen LogP contribution in [0.25, 0.3) is 0 Å². The Morgan fingerprint density at radius 2 is 1.88 bits per heavy atom. The minimum Gasteiger partial charge on any atom is -0.337 e. The number of nitrogens with zero attached hydrogens (tertiary/aromatic N) is 2. The van der Waals surface area contributed by atoms with Crippen molar-refractivity contribution >= 4 is 38.9 Å². The number of carbonyl (C=O) groups is 1. The zero-order valence-electron chi connectivity index (χ0n) is 14.1. The van der Waals surface area contributed by atoms with Crippen LogP contribution in [0.4, 0.5) is 0 Å². The predicted molar refractivity (Wildman–Crippen MR) is 103 cm³/mol. The standard InChI is InChI=1S/C17H20ClN3O3S2/c18-15-4-2-13(3-5-15)11-20-6-1-7-21(9-8-20)17(22)14-10-16(25-12-14)26(19,23)24/h2-5,10,12H,1,6-9,11H2,(H2,19,23,24). The van der Waals surface area contributed by atoms with Gasteiger partial charge in [0.2, 0.25) is 10.0 Å². The number of rotatable bonds is 4. The summed E-state index contributed by atoms with van der Waals surface area (Å²) in [6.45, 7) is 3.73. The number of hydrogen-bond donors (Lipinski definition) is 1. The fourth-order valence-corrected chi connectivity index (χ4v) is 4.65. The molecule has 1 aromatic heterocycles. The molecule has 0 aliphatic carbocycles.